The second-order valence-corrected chi connectivity index (χ2v) is 12.3. The molecule has 0 heteroatoms. The van der Waals surface area contributed by atoms with Crippen molar-refractivity contribution in [2.24, 2.45) is 29.6 Å². The van der Waals surface area contributed by atoms with Crippen LogP contribution >= 0.6 is 0 Å². The van der Waals surface area contributed by atoms with Gasteiger partial charge in [0.2, 0.25) is 0 Å². The fraction of sp³-hybridized carbons (Fsp3) is 0.758. The standard InChI is InChI=1S/C33H52/c1-3-5-6-7-9-27-10-12-28(13-11-27)14-15-29-18-21-33-25-32(23-22-31(33)24-29)30-19-16-26(8-4-2)17-20-30/h4,16-17,19-20,27-29,31-33H,2-3,5-15,18,21-25H2,1H3. The predicted molar refractivity (Wildman–Crippen MR) is 145 cm³/mol. The largest absolute Gasteiger partial charge is 0.103 e. The van der Waals surface area contributed by atoms with Gasteiger partial charge in [0.1, 0.15) is 0 Å². The molecule has 3 aliphatic rings. The minimum atomic E-state index is 0.817. The molecule has 0 spiro atoms. The van der Waals surface area contributed by atoms with Gasteiger partial charge in [-0.1, -0.05) is 114 Å². The van der Waals surface area contributed by atoms with Crippen molar-refractivity contribution in [2.75, 3.05) is 0 Å². The zero-order chi connectivity index (χ0) is 22.9. The molecule has 1 aromatic rings. The summed E-state index contributed by atoms with van der Waals surface area (Å²) in [5.74, 6) is 6.05. The van der Waals surface area contributed by atoms with Crippen molar-refractivity contribution >= 4 is 0 Å². The molecule has 4 rings (SSSR count). The lowest BCUT2D eigenvalue weighted by Crippen LogP contribution is -2.30. The number of hydrogen-bond acceptors (Lipinski definition) is 0. The van der Waals surface area contributed by atoms with E-state index in [4.69, 9.17) is 0 Å². The average molecular weight is 449 g/mol. The van der Waals surface area contributed by atoms with Gasteiger partial charge >= 0.3 is 0 Å². The summed E-state index contributed by atoms with van der Waals surface area (Å²) >= 11 is 0. The molecule has 0 radical (unpaired) electrons. The second-order valence-electron chi connectivity index (χ2n) is 12.3. The lowest BCUT2D eigenvalue weighted by molar-refractivity contribution is 0.108. The van der Waals surface area contributed by atoms with Crippen LogP contribution in [0.3, 0.4) is 0 Å². The van der Waals surface area contributed by atoms with Gasteiger partial charge in [-0.3, -0.25) is 0 Å². The van der Waals surface area contributed by atoms with Crippen LogP contribution in [0.2, 0.25) is 0 Å². The van der Waals surface area contributed by atoms with E-state index < -0.39 is 0 Å². The average Bonchev–Trinajstić information content (AvgIpc) is 2.86. The first-order valence-corrected chi connectivity index (χ1v) is 14.9. The highest BCUT2D eigenvalue weighted by Crippen LogP contribution is 2.49. The Hall–Kier alpha value is -1.04. The number of benzene rings is 1. The highest BCUT2D eigenvalue weighted by molar-refractivity contribution is 5.27. The Bertz CT molecular complexity index is 676. The molecule has 3 aliphatic carbocycles. The van der Waals surface area contributed by atoms with Crippen LogP contribution in [-0.2, 0) is 6.42 Å². The van der Waals surface area contributed by atoms with Gasteiger partial charge in [0.05, 0.1) is 0 Å². The van der Waals surface area contributed by atoms with E-state index in [0.29, 0.717) is 0 Å². The third kappa shape index (κ3) is 7.47. The minimum Gasteiger partial charge on any atom is -0.103 e. The van der Waals surface area contributed by atoms with Crippen LogP contribution in [0, 0.1) is 29.6 Å². The third-order valence-electron chi connectivity index (χ3n) is 9.97. The molecule has 1 aromatic carbocycles. The van der Waals surface area contributed by atoms with Crippen LogP contribution < -0.4 is 0 Å². The molecule has 0 saturated heterocycles. The van der Waals surface area contributed by atoms with Crippen LogP contribution in [0.25, 0.3) is 0 Å². The van der Waals surface area contributed by atoms with Crippen LogP contribution in [-0.4, -0.2) is 0 Å². The molecule has 33 heavy (non-hydrogen) atoms. The Balaban J connectivity index is 1.13. The van der Waals surface area contributed by atoms with Crippen molar-refractivity contribution in [1.29, 1.82) is 0 Å². The van der Waals surface area contributed by atoms with E-state index in [2.05, 4.69) is 37.8 Å². The number of allylic oxidation sites excluding steroid dienone is 1. The van der Waals surface area contributed by atoms with Gasteiger partial charge < -0.3 is 0 Å². The summed E-state index contributed by atoms with van der Waals surface area (Å²) in [6.45, 7) is 6.20. The third-order valence-corrected chi connectivity index (χ3v) is 9.97. The first-order chi connectivity index (χ1) is 16.2. The predicted octanol–water partition coefficient (Wildman–Crippen LogP) is 10.3. The van der Waals surface area contributed by atoms with Crippen molar-refractivity contribution in [3.63, 3.8) is 0 Å². The summed E-state index contributed by atoms with van der Waals surface area (Å²) in [6.07, 6.45) is 28.6. The number of fused-ring (bicyclic) bond motifs is 1. The monoisotopic (exact) mass is 448 g/mol. The van der Waals surface area contributed by atoms with Gasteiger partial charge in [-0.2, -0.15) is 0 Å². The first-order valence-electron chi connectivity index (χ1n) is 14.9. The van der Waals surface area contributed by atoms with E-state index in [1.54, 1.807) is 50.5 Å². The zero-order valence-corrected chi connectivity index (χ0v) is 21.8. The molecule has 0 nitrogen and oxygen atoms in total. The van der Waals surface area contributed by atoms with Gasteiger partial charge in [-0.05, 0) is 85.2 Å². The van der Waals surface area contributed by atoms with Gasteiger partial charge in [-0.25, -0.2) is 0 Å². The molecule has 3 fully saturated rings. The maximum atomic E-state index is 3.88. The van der Waals surface area contributed by atoms with E-state index in [1.807, 2.05) is 6.08 Å². The second kappa shape index (κ2) is 13.2. The van der Waals surface area contributed by atoms with Crippen LogP contribution in [0.15, 0.2) is 36.9 Å². The molecule has 4 atom stereocenters. The SMILES string of the molecule is C=CCc1ccc(C2CCC3CC(CCC4CCC(CCCCCC)CC4)CCC3C2)cc1. The molecule has 0 heterocycles. The van der Waals surface area contributed by atoms with Gasteiger partial charge in [0, 0.05) is 0 Å². The van der Waals surface area contributed by atoms with Crippen LogP contribution in [0.1, 0.15) is 133 Å². The minimum absolute atomic E-state index is 0.817. The maximum absolute atomic E-state index is 3.88. The molecular formula is C33H52. The highest BCUT2D eigenvalue weighted by atomic mass is 14.4. The van der Waals surface area contributed by atoms with Gasteiger partial charge in [-0.15, -0.1) is 6.58 Å². The molecule has 0 bridgehead atoms. The Morgan fingerprint density at radius 2 is 1.33 bits per heavy atom. The number of unbranched alkanes of at least 4 members (excludes halogenated alkanes) is 3. The van der Waals surface area contributed by atoms with Crippen molar-refractivity contribution in [3.05, 3.63) is 48.0 Å². The van der Waals surface area contributed by atoms with E-state index in [9.17, 15) is 0 Å². The van der Waals surface area contributed by atoms with Crippen LogP contribution in [0.5, 0.6) is 0 Å². The summed E-state index contributed by atoms with van der Waals surface area (Å²) < 4.78 is 0. The summed E-state index contributed by atoms with van der Waals surface area (Å²) in [4.78, 5) is 0. The van der Waals surface area contributed by atoms with Crippen molar-refractivity contribution in [1.82, 2.24) is 0 Å². The number of hydrogen-bond donors (Lipinski definition) is 0. The smallest absolute Gasteiger partial charge is 0.0100 e. The molecule has 3 saturated carbocycles. The molecule has 0 amide bonds. The molecular weight excluding hydrogens is 396 g/mol. The lowest BCUT2D eigenvalue weighted by atomic mass is 9.63. The van der Waals surface area contributed by atoms with Crippen molar-refractivity contribution in [3.8, 4) is 0 Å². The van der Waals surface area contributed by atoms with E-state index in [-0.39, 0.29) is 0 Å². The normalized spacial score (nSPS) is 32.3. The Kier molecular flexibility index (Phi) is 9.99. The fourth-order valence-electron chi connectivity index (χ4n) is 7.78. The molecule has 0 aliphatic heterocycles. The topological polar surface area (TPSA) is 0 Å². The van der Waals surface area contributed by atoms with E-state index >= 15 is 0 Å². The molecule has 0 aromatic heterocycles. The van der Waals surface area contributed by atoms with E-state index in [0.717, 1.165) is 41.9 Å². The zero-order valence-electron chi connectivity index (χ0n) is 21.8. The summed E-state index contributed by atoms with van der Waals surface area (Å²) in [5, 5.41) is 0. The Morgan fingerprint density at radius 1 is 0.697 bits per heavy atom. The highest BCUT2D eigenvalue weighted by Gasteiger charge is 2.36. The van der Waals surface area contributed by atoms with Crippen molar-refractivity contribution in [2.45, 2.75) is 128 Å². The number of rotatable bonds is 11. The van der Waals surface area contributed by atoms with Gasteiger partial charge in [0.15, 0.2) is 0 Å². The van der Waals surface area contributed by atoms with Gasteiger partial charge in [0.25, 0.3) is 0 Å². The Labute approximate surface area is 206 Å². The quantitative estimate of drug-likeness (QED) is 0.233. The van der Waals surface area contributed by atoms with E-state index in [1.165, 1.54) is 69.8 Å². The summed E-state index contributed by atoms with van der Waals surface area (Å²) in [6, 6.07) is 9.49. The van der Waals surface area contributed by atoms with Crippen LogP contribution in [0.4, 0.5) is 0 Å². The molecule has 4 unspecified atom stereocenters. The summed E-state index contributed by atoms with van der Waals surface area (Å²) in [7, 11) is 0. The fourth-order valence-corrected chi connectivity index (χ4v) is 7.78. The maximum Gasteiger partial charge on any atom is -0.0100 e. The first kappa shape index (κ1) is 25.1. The molecule has 0 N–H and O–H groups in total. The molecule has 184 valence electrons. The summed E-state index contributed by atoms with van der Waals surface area (Å²) in [5.41, 5.74) is 3.01. The van der Waals surface area contributed by atoms with Crippen molar-refractivity contribution < 1.29 is 0 Å². The Morgan fingerprint density at radius 3 is 2.06 bits per heavy atom. The lowest BCUT2D eigenvalue weighted by Gasteiger charge is -2.43.